The van der Waals surface area contributed by atoms with Gasteiger partial charge in [0.15, 0.2) is 16.7 Å². The normalized spacial score (nSPS) is 16.7. The first-order valence-electron chi connectivity index (χ1n) is 9.10. The summed E-state index contributed by atoms with van der Waals surface area (Å²) < 4.78 is 7.40. The first-order chi connectivity index (χ1) is 12.2. The highest BCUT2D eigenvalue weighted by atomic mass is 32.2. The van der Waals surface area contributed by atoms with Crippen molar-refractivity contribution in [3.05, 3.63) is 18.4 Å². The van der Waals surface area contributed by atoms with E-state index in [-0.39, 0.29) is 11.2 Å². The van der Waals surface area contributed by atoms with Crippen molar-refractivity contribution in [3.8, 4) is 11.6 Å². The van der Waals surface area contributed by atoms with E-state index in [9.17, 15) is 4.79 Å². The number of thioether (sulfide) groups is 1. The Kier molecular flexibility index (Phi) is 6.18. The lowest BCUT2D eigenvalue weighted by Gasteiger charge is -2.22. The predicted molar refractivity (Wildman–Crippen MR) is 98.3 cm³/mol. The summed E-state index contributed by atoms with van der Waals surface area (Å²) in [5.41, 5.74) is 0. The van der Waals surface area contributed by atoms with E-state index in [4.69, 9.17) is 4.42 Å². The van der Waals surface area contributed by atoms with Gasteiger partial charge in [-0.25, -0.2) is 0 Å². The first-order valence-corrected chi connectivity index (χ1v) is 9.98. The standard InChI is InChI=1S/C18H26N4O2S/c1-3-22-16(15-10-7-11-24-15)20-21-18(22)25-13(2)17(23)19-12-14-8-5-4-6-9-14/h7,10-11,13-14H,3-6,8-9,12H2,1-2H3,(H,19,23)/t13-/m0/s1. The molecule has 2 aromatic rings. The SMILES string of the molecule is CCn1c(S[C@@H](C)C(=O)NCC2CCCCC2)nnc1-c1ccco1. The van der Waals surface area contributed by atoms with Crippen molar-refractivity contribution in [1.82, 2.24) is 20.1 Å². The topological polar surface area (TPSA) is 73.0 Å². The molecule has 0 spiro atoms. The summed E-state index contributed by atoms with van der Waals surface area (Å²) in [6.45, 7) is 5.47. The molecule has 1 aliphatic carbocycles. The Morgan fingerprint density at radius 2 is 2.20 bits per heavy atom. The molecule has 0 unspecified atom stereocenters. The summed E-state index contributed by atoms with van der Waals surface area (Å²) >= 11 is 1.44. The summed E-state index contributed by atoms with van der Waals surface area (Å²) in [5, 5.41) is 12.1. The number of nitrogens with one attached hydrogen (secondary N) is 1. The molecule has 1 aliphatic rings. The van der Waals surface area contributed by atoms with E-state index in [0.717, 1.165) is 18.2 Å². The van der Waals surface area contributed by atoms with E-state index >= 15 is 0 Å². The van der Waals surface area contributed by atoms with Crippen LogP contribution in [0.1, 0.15) is 46.0 Å². The zero-order chi connectivity index (χ0) is 17.6. The van der Waals surface area contributed by atoms with Gasteiger partial charge in [-0.3, -0.25) is 9.36 Å². The molecule has 2 heterocycles. The third-order valence-corrected chi connectivity index (χ3v) is 5.80. The molecular formula is C18H26N4O2S. The van der Waals surface area contributed by atoms with Gasteiger partial charge in [-0.05, 0) is 44.7 Å². The molecule has 0 radical (unpaired) electrons. The van der Waals surface area contributed by atoms with Crippen molar-refractivity contribution in [2.45, 2.75) is 62.9 Å². The molecule has 1 N–H and O–H groups in total. The van der Waals surface area contributed by atoms with Crippen molar-refractivity contribution in [1.29, 1.82) is 0 Å². The lowest BCUT2D eigenvalue weighted by Crippen LogP contribution is -2.35. The van der Waals surface area contributed by atoms with Crippen molar-refractivity contribution in [2.24, 2.45) is 5.92 Å². The average molecular weight is 362 g/mol. The quantitative estimate of drug-likeness (QED) is 0.760. The molecule has 0 aliphatic heterocycles. The van der Waals surface area contributed by atoms with Gasteiger partial charge in [-0.15, -0.1) is 10.2 Å². The Labute approximate surface area is 152 Å². The maximum absolute atomic E-state index is 12.4. The Bertz CT molecular complexity index is 677. The van der Waals surface area contributed by atoms with E-state index in [1.807, 2.05) is 30.5 Å². The third-order valence-electron chi connectivity index (χ3n) is 4.72. The largest absolute Gasteiger partial charge is 0.461 e. The molecule has 0 aromatic carbocycles. The first kappa shape index (κ1) is 18.0. The Balaban J connectivity index is 1.58. The highest BCUT2D eigenvalue weighted by Crippen LogP contribution is 2.27. The van der Waals surface area contributed by atoms with Gasteiger partial charge in [0, 0.05) is 13.1 Å². The second-order valence-electron chi connectivity index (χ2n) is 6.54. The fourth-order valence-electron chi connectivity index (χ4n) is 3.24. The third kappa shape index (κ3) is 4.45. The predicted octanol–water partition coefficient (Wildman–Crippen LogP) is 3.74. The maximum atomic E-state index is 12.4. The van der Waals surface area contributed by atoms with Crippen LogP contribution in [0.3, 0.4) is 0 Å². The molecule has 0 bridgehead atoms. The number of hydrogen-bond donors (Lipinski definition) is 1. The molecule has 0 saturated heterocycles. The number of aromatic nitrogens is 3. The fourth-order valence-corrected chi connectivity index (χ4v) is 4.18. The minimum atomic E-state index is -0.206. The minimum Gasteiger partial charge on any atom is -0.461 e. The van der Waals surface area contributed by atoms with Gasteiger partial charge in [0.25, 0.3) is 0 Å². The molecule has 136 valence electrons. The zero-order valence-corrected chi connectivity index (χ0v) is 15.7. The van der Waals surface area contributed by atoms with Gasteiger partial charge < -0.3 is 9.73 Å². The number of amides is 1. The van der Waals surface area contributed by atoms with Crippen LogP contribution < -0.4 is 5.32 Å². The van der Waals surface area contributed by atoms with Crippen LogP contribution in [0.25, 0.3) is 11.6 Å². The smallest absolute Gasteiger partial charge is 0.233 e. The van der Waals surface area contributed by atoms with Gasteiger partial charge in [-0.1, -0.05) is 31.0 Å². The number of nitrogens with zero attached hydrogens (tertiary/aromatic N) is 3. The van der Waals surface area contributed by atoms with E-state index < -0.39 is 0 Å². The molecule has 1 fully saturated rings. The van der Waals surface area contributed by atoms with Crippen molar-refractivity contribution in [2.75, 3.05) is 6.54 Å². The van der Waals surface area contributed by atoms with E-state index in [2.05, 4.69) is 15.5 Å². The summed E-state index contributed by atoms with van der Waals surface area (Å²) in [6.07, 6.45) is 8.01. The fraction of sp³-hybridized carbons (Fsp3) is 0.611. The molecule has 3 rings (SSSR count). The average Bonchev–Trinajstić information content (AvgIpc) is 3.29. The Morgan fingerprint density at radius 3 is 2.88 bits per heavy atom. The lowest BCUT2D eigenvalue weighted by atomic mass is 9.89. The van der Waals surface area contributed by atoms with Gasteiger partial charge >= 0.3 is 0 Å². The van der Waals surface area contributed by atoms with Crippen LogP contribution in [0.15, 0.2) is 28.0 Å². The van der Waals surface area contributed by atoms with Crippen LogP contribution in [0.4, 0.5) is 0 Å². The molecular weight excluding hydrogens is 336 g/mol. The number of carbonyl (C=O) groups is 1. The minimum absolute atomic E-state index is 0.0702. The van der Waals surface area contributed by atoms with E-state index in [1.54, 1.807) is 6.26 Å². The summed E-state index contributed by atoms with van der Waals surface area (Å²) in [4.78, 5) is 12.4. The molecule has 6 nitrogen and oxygen atoms in total. The highest BCUT2D eigenvalue weighted by Gasteiger charge is 2.22. The van der Waals surface area contributed by atoms with Gasteiger partial charge in [0.2, 0.25) is 5.91 Å². The van der Waals surface area contributed by atoms with Crippen LogP contribution in [-0.4, -0.2) is 32.5 Å². The molecule has 7 heteroatoms. The van der Waals surface area contributed by atoms with Crippen LogP contribution in [0.5, 0.6) is 0 Å². The second-order valence-corrected chi connectivity index (χ2v) is 7.84. The van der Waals surface area contributed by atoms with Crippen molar-refractivity contribution < 1.29 is 9.21 Å². The monoisotopic (exact) mass is 362 g/mol. The Morgan fingerprint density at radius 1 is 1.40 bits per heavy atom. The van der Waals surface area contributed by atoms with E-state index in [0.29, 0.717) is 17.5 Å². The van der Waals surface area contributed by atoms with E-state index in [1.165, 1.54) is 43.9 Å². The van der Waals surface area contributed by atoms with Gasteiger partial charge in [0.05, 0.1) is 11.5 Å². The van der Waals surface area contributed by atoms with Crippen LogP contribution in [0, 0.1) is 5.92 Å². The molecule has 25 heavy (non-hydrogen) atoms. The van der Waals surface area contributed by atoms with Crippen LogP contribution >= 0.6 is 11.8 Å². The number of rotatable bonds is 7. The highest BCUT2D eigenvalue weighted by molar-refractivity contribution is 8.00. The maximum Gasteiger partial charge on any atom is 0.233 e. The summed E-state index contributed by atoms with van der Waals surface area (Å²) in [7, 11) is 0. The van der Waals surface area contributed by atoms with Gasteiger partial charge in [-0.2, -0.15) is 0 Å². The summed E-state index contributed by atoms with van der Waals surface area (Å²) in [5.74, 6) is 2.10. The molecule has 1 amide bonds. The number of carbonyl (C=O) groups excluding carboxylic acids is 1. The Hall–Kier alpha value is -1.76. The van der Waals surface area contributed by atoms with Crippen LogP contribution in [-0.2, 0) is 11.3 Å². The zero-order valence-electron chi connectivity index (χ0n) is 14.9. The van der Waals surface area contributed by atoms with Crippen molar-refractivity contribution >= 4 is 17.7 Å². The number of hydrogen-bond acceptors (Lipinski definition) is 5. The van der Waals surface area contributed by atoms with Crippen molar-refractivity contribution in [3.63, 3.8) is 0 Å². The number of furan rings is 1. The molecule has 2 aromatic heterocycles. The molecule has 1 atom stereocenters. The van der Waals surface area contributed by atoms with Gasteiger partial charge in [0.1, 0.15) is 0 Å². The van der Waals surface area contributed by atoms with Crippen LogP contribution in [0.2, 0.25) is 0 Å². The lowest BCUT2D eigenvalue weighted by molar-refractivity contribution is -0.120. The second kappa shape index (κ2) is 8.56. The summed E-state index contributed by atoms with van der Waals surface area (Å²) in [6, 6.07) is 3.70. The molecule has 1 saturated carbocycles.